The highest BCUT2D eigenvalue weighted by atomic mass is 16.5. The van der Waals surface area contributed by atoms with Gasteiger partial charge < -0.3 is 14.0 Å². The summed E-state index contributed by atoms with van der Waals surface area (Å²) in [4.78, 5) is 19.3. The molecule has 1 aliphatic heterocycles. The van der Waals surface area contributed by atoms with Gasteiger partial charge >= 0.3 is 0 Å². The number of likely N-dealkylation sites (tertiary alicyclic amines) is 1. The van der Waals surface area contributed by atoms with Crippen LogP contribution < -0.4 is 0 Å². The van der Waals surface area contributed by atoms with Crippen LogP contribution in [0.15, 0.2) is 36.7 Å². The molecule has 1 N–H and O–H groups in total. The first-order valence-corrected chi connectivity index (χ1v) is 7.95. The van der Waals surface area contributed by atoms with Gasteiger partial charge in [0.05, 0.1) is 17.7 Å². The minimum absolute atomic E-state index is 0.00483. The van der Waals surface area contributed by atoms with Crippen LogP contribution in [0.1, 0.15) is 34.5 Å². The number of nitrogens with zero attached hydrogens (tertiary/aromatic N) is 4. The quantitative estimate of drug-likeness (QED) is 0.799. The lowest BCUT2D eigenvalue weighted by Crippen LogP contribution is -2.32. The van der Waals surface area contributed by atoms with Crippen LogP contribution in [0.2, 0.25) is 0 Å². The molecule has 1 amide bonds. The molecule has 0 radical (unpaired) electrons. The summed E-state index contributed by atoms with van der Waals surface area (Å²) in [6.45, 7) is 2.39. The number of carbonyl (C=O) groups is 1. The maximum absolute atomic E-state index is 13.1. The van der Waals surface area contributed by atoms with E-state index in [2.05, 4.69) is 15.2 Å². The van der Waals surface area contributed by atoms with Crippen molar-refractivity contribution in [3.05, 3.63) is 53.9 Å². The van der Waals surface area contributed by atoms with Gasteiger partial charge in [-0.05, 0) is 25.1 Å². The molecule has 1 aliphatic rings. The Morgan fingerprint density at radius 1 is 1.42 bits per heavy atom. The number of pyridine rings is 1. The number of aromatic nitrogens is 4. The largest absolute Gasteiger partial charge is 0.380 e. The molecular formula is C17H19N5O2. The van der Waals surface area contributed by atoms with E-state index in [9.17, 15) is 4.79 Å². The van der Waals surface area contributed by atoms with Crippen molar-refractivity contribution in [1.82, 2.24) is 24.5 Å². The maximum atomic E-state index is 13.1. The number of methoxy groups -OCH3 is 1. The number of aromatic amines is 1. The zero-order valence-electron chi connectivity index (χ0n) is 13.6. The second-order valence-corrected chi connectivity index (χ2v) is 6.11. The van der Waals surface area contributed by atoms with Gasteiger partial charge in [0.2, 0.25) is 0 Å². The first kappa shape index (κ1) is 14.9. The Bertz CT molecular complexity index is 851. The monoisotopic (exact) mass is 325 g/mol. The van der Waals surface area contributed by atoms with Crippen molar-refractivity contribution < 1.29 is 9.53 Å². The summed E-state index contributed by atoms with van der Waals surface area (Å²) in [5.74, 6) is 1.36. The fourth-order valence-corrected chi connectivity index (χ4v) is 3.28. The predicted molar refractivity (Wildman–Crippen MR) is 87.7 cm³/mol. The first-order valence-electron chi connectivity index (χ1n) is 7.95. The Hall–Kier alpha value is -2.67. The Morgan fingerprint density at radius 3 is 3.00 bits per heavy atom. The van der Waals surface area contributed by atoms with Gasteiger partial charge in [0.15, 0.2) is 5.82 Å². The molecule has 4 heterocycles. The van der Waals surface area contributed by atoms with Gasteiger partial charge in [0, 0.05) is 38.0 Å². The van der Waals surface area contributed by atoms with Crippen LogP contribution in [-0.2, 0) is 4.74 Å². The number of amides is 1. The average Bonchev–Trinajstić information content (AvgIpc) is 3.30. The second-order valence-electron chi connectivity index (χ2n) is 6.11. The predicted octanol–water partition coefficient (Wildman–Crippen LogP) is 1.97. The molecule has 1 saturated heterocycles. The molecule has 0 aromatic carbocycles. The Labute approximate surface area is 139 Å². The zero-order valence-corrected chi connectivity index (χ0v) is 13.6. The number of rotatable bonds is 3. The summed E-state index contributed by atoms with van der Waals surface area (Å²) >= 11 is 0. The van der Waals surface area contributed by atoms with Crippen molar-refractivity contribution in [3.63, 3.8) is 0 Å². The number of hydrogen-bond donors (Lipinski definition) is 1. The summed E-state index contributed by atoms with van der Waals surface area (Å²) in [5, 5.41) is 7.10. The van der Waals surface area contributed by atoms with Gasteiger partial charge in [0.1, 0.15) is 5.82 Å². The van der Waals surface area contributed by atoms with Crippen LogP contribution in [-0.4, -0.2) is 50.1 Å². The standard InChI is InChI=1S/C17H19N5O2/c1-11-18-16(20-19-11)15-8-14(24-2)10-22(15)17(23)12-7-13-5-3-4-6-21(13)9-12/h3-7,9,14-15H,8,10H2,1-2H3,(H,18,19,20)/t14-,15+/m1/s1. The van der Waals surface area contributed by atoms with E-state index < -0.39 is 0 Å². The fraction of sp³-hybridized carbons (Fsp3) is 0.353. The van der Waals surface area contributed by atoms with E-state index in [0.717, 1.165) is 11.3 Å². The van der Waals surface area contributed by atoms with Gasteiger partial charge in [-0.1, -0.05) is 6.07 Å². The van der Waals surface area contributed by atoms with Crippen molar-refractivity contribution >= 4 is 11.4 Å². The lowest BCUT2D eigenvalue weighted by Gasteiger charge is -2.21. The van der Waals surface area contributed by atoms with Gasteiger partial charge in [-0.25, -0.2) is 4.98 Å². The summed E-state index contributed by atoms with van der Waals surface area (Å²) in [5.41, 5.74) is 1.66. The normalized spacial score (nSPS) is 20.8. The maximum Gasteiger partial charge on any atom is 0.256 e. The van der Waals surface area contributed by atoms with Crippen LogP contribution in [0.3, 0.4) is 0 Å². The Balaban J connectivity index is 1.67. The Morgan fingerprint density at radius 2 is 2.29 bits per heavy atom. The number of aryl methyl sites for hydroxylation is 1. The van der Waals surface area contributed by atoms with Gasteiger partial charge in [-0.3, -0.25) is 9.89 Å². The molecular weight excluding hydrogens is 306 g/mol. The molecule has 3 aromatic rings. The highest BCUT2D eigenvalue weighted by Gasteiger charge is 2.39. The number of nitrogens with one attached hydrogen (secondary N) is 1. The zero-order chi connectivity index (χ0) is 16.7. The van der Waals surface area contributed by atoms with Crippen molar-refractivity contribution in [3.8, 4) is 0 Å². The van der Waals surface area contributed by atoms with E-state index in [1.165, 1.54) is 0 Å². The van der Waals surface area contributed by atoms with Crippen molar-refractivity contribution in [2.45, 2.75) is 25.5 Å². The van der Waals surface area contributed by atoms with E-state index >= 15 is 0 Å². The second kappa shape index (κ2) is 5.76. The summed E-state index contributed by atoms with van der Waals surface area (Å²) < 4.78 is 7.43. The van der Waals surface area contributed by atoms with Crippen LogP contribution in [0.25, 0.3) is 5.52 Å². The van der Waals surface area contributed by atoms with Gasteiger partial charge in [-0.15, -0.1) is 0 Å². The number of carbonyl (C=O) groups excluding carboxylic acids is 1. The van der Waals surface area contributed by atoms with Crippen molar-refractivity contribution in [1.29, 1.82) is 0 Å². The van der Waals surface area contributed by atoms with Crippen LogP contribution in [0.5, 0.6) is 0 Å². The molecule has 1 fully saturated rings. The van der Waals surface area contributed by atoms with E-state index in [0.29, 0.717) is 24.4 Å². The molecule has 24 heavy (non-hydrogen) atoms. The molecule has 0 bridgehead atoms. The molecule has 0 aliphatic carbocycles. The van der Waals surface area contributed by atoms with Crippen molar-refractivity contribution in [2.24, 2.45) is 0 Å². The minimum atomic E-state index is -0.171. The lowest BCUT2D eigenvalue weighted by molar-refractivity contribution is 0.0684. The smallest absolute Gasteiger partial charge is 0.256 e. The third kappa shape index (κ3) is 2.46. The van der Waals surface area contributed by atoms with Crippen LogP contribution >= 0.6 is 0 Å². The van der Waals surface area contributed by atoms with E-state index in [4.69, 9.17) is 4.74 Å². The van der Waals surface area contributed by atoms with Gasteiger partial charge in [0.25, 0.3) is 5.91 Å². The van der Waals surface area contributed by atoms with Crippen molar-refractivity contribution in [2.75, 3.05) is 13.7 Å². The molecule has 7 nitrogen and oxygen atoms in total. The van der Waals surface area contributed by atoms with E-state index in [1.54, 1.807) is 7.11 Å². The minimum Gasteiger partial charge on any atom is -0.380 e. The Kier molecular flexibility index (Phi) is 3.57. The van der Waals surface area contributed by atoms with Crippen LogP contribution in [0, 0.1) is 6.92 Å². The fourth-order valence-electron chi connectivity index (χ4n) is 3.28. The summed E-state index contributed by atoms with van der Waals surface area (Å²) in [6.07, 6.45) is 4.49. The topological polar surface area (TPSA) is 75.5 Å². The molecule has 0 unspecified atom stereocenters. The molecule has 3 aromatic heterocycles. The van der Waals surface area contributed by atoms with Gasteiger partial charge in [-0.2, -0.15) is 5.10 Å². The number of ether oxygens (including phenoxy) is 1. The first-order chi connectivity index (χ1) is 11.7. The molecule has 0 saturated carbocycles. The SMILES string of the molecule is CO[C@@H]1C[C@@H](c2n[nH]c(C)n2)N(C(=O)c2cc3ccccn3c2)C1. The number of fused-ring (bicyclic) bond motifs is 1. The number of H-pyrrole nitrogens is 1. The van der Waals surface area contributed by atoms with E-state index in [-0.39, 0.29) is 18.1 Å². The average molecular weight is 325 g/mol. The third-order valence-corrected chi connectivity index (χ3v) is 4.52. The molecule has 2 atom stereocenters. The molecule has 0 spiro atoms. The lowest BCUT2D eigenvalue weighted by atomic mass is 10.2. The molecule has 4 rings (SSSR count). The number of hydrogen-bond acceptors (Lipinski definition) is 4. The molecule has 7 heteroatoms. The highest BCUT2D eigenvalue weighted by molar-refractivity contribution is 5.96. The highest BCUT2D eigenvalue weighted by Crippen LogP contribution is 2.33. The summed E-state index contributed by atoms with van der Waals surface area (Å²) in [7, 11) is 1.67. The van der Waals surface area contributed by atoms with E-state index in [1.807, 2.05) is 52.9 Å². The third-order valence-electron chi connectivity index (χ3n) is 4.52. The summed E-state index contributed by atoms with van der Waals surface area (Å²) in [6, 6.07) is 7.62. The van der Waals surface area contributed by atoms with Crippen LogP contribution in [0.4, 0.5) is 0 Å². The molecule has 124 valence electrons.